The molecule has 0 fully saturated rings. The summed E-state index contributed by atoms with van der Waals surface area (Å²) < 4.78 is 1.81. The van der Waals surface area contributed by atoms with Crippen molar-refractivity contribution in [3.63, 3.8) is 0 Å². The molecule has 0 N–H and O–H groups in total. The molecule has 2 heterocycles. The molecule has 0 radical (unpaired) electrons. The number of aryl methyl sites for hydroxylation is 1. The van der Waals surface area contributed by atoms with E-state index in [9.17, 15) is 0 Å². The van der Waals surface area contributed by atoms with Crippen LogP contribution < -0.4 is 0 Å². The summed E-state index contributed by atoms with van der Waals surface area (Å²) in [5.74, 6) is 0. The van der Waals surface area contributed by atoms with Crippen molar-refractivity contribution in [2.45, 2.75) is 6.92 Å². The second-order valence-electron chi connectivity index (χ2n) is 5.03. The largest absolute Gasteiger partial charge is 0.236 e. The Morgan fingerprint density at radius 3 is 2.67 bits per heavy atom. The highest BCUT2D eigenvalue weighted by atomic mass is 35.5. The lowest BCUT2D eigenvalue weighted by Gasteiger charge is -2.06. The molecule has 0 saturated carbocycles. The summed E-state index contributed by atoms with van der Waals surface area (Å²) >= 11 is 6.25. The molecule has 3 nitrogen and oxygen atoms in total. The van der Waals surface area contributed by atoms with E-state index in [-0.39, 0.29) is 0 Å². The van der Waals surface area contributed by atoms with Gasteiger partial charge in [0, 0.05) is 11.8 Å². The fourth-order valence-corrected chi connectivity index (χ4v) is 2.76. The first kappa shape index (κ1) is 12.4. The maximum atomic E-state index is 6.25. The molecule has 4 heteroatoms. The summed E-state index contributed by atoms with van der Waals surface area (Å²) in [4.78, 5) is 4.32. The van der Waals surface area contributed by atoms with E-state index in [1.54, 1.807) is 6.20 Å². The van der Waals surface area contributed by atoms with Gasteiger partial charge in [0.05, 0.1) is 11.4 Å². The monoisotopic (exact) mass is 293 g/mol. The van der Waals surface area contributed by atoms with Crippen molar-refractivity contribution in [1.82, 2.24) is 14.6 Å². The Hall–Kier alpha value is -2.39. The first-order chi connectivity index (χ1) is 10.2. The van der Waals surface area contributed by atoms with Crippen LogP contribution in [0.2, 0.25) is 5.02 Å². The van der Waals surface area contributed by atoms with E-state index in [0.29, 0.717) is 10.7 Å². The van der Waals surface area contributed by atoms with Crippen molar-refractivity contribution >= 4 is 28.0 Å². The molecule has 4 rings (SSSR count). The normalized spacial score (nSPS) is 11.3. The predicted octanol–water partition coefficient (Wildman–Crippen LogP) is 4.51. The van der Waals surface area contributed by atoms with E-state index in [1.807, 2.05) is 29.6 Å². The third-order valence-corrected chi connectivity index (χ3v) is 4.11. The van der Waals surface area contributed by atoms with Gasteiger partial charge in [-0.1, -0.05) is 48.0 Å². The molecule has 0 aliphatic heterocycles. The number of aromatic nitrogens is 3. The topological polar surface area (TPSA) is 30.2 Å². The zero-order valence-corrected chi connectivity index (χ0v) is 12.2. The zero-order chi connectivity index (χ0) is 14.4. The smallest absolute Gasteiger partial charge is 0.174 e. The van der Waals surface area contributed by atoms with Crippen molar-refractivity contribution in [2.24, 2.45) is 0 Å². The molecule has 0 amide bonds. The first-order valence-corrected chi connectivity index (χ1v) is 7.11. The van der Waals surface area contributed by atoms with Crippen LogP contribution in [0.15, 0.2) is 54.7 Å². The van der Waals surface area contributed by atoms with E-state index in [1.165, 1.54) is 10.8 Å². The third kappa shape index (κ3) is 1.89. The third-order valence-electron chi connectivity index (χ3n) is 3.67. The zero-order valence-electron chi connectivity index (χ0n) is 11.4. The average molecular weight is 294 g/mol. The molecule has 0 aliphatic carbocycles. The second kappa shape index (κ2) is 4.57. The molecule has 0 spiro atoms. The Morgan fingerprint density at radius 2 is 1.81 bits per heavy atom. The standard InChI is InChI=1S/C17H12ClN3/c1-11-16(18)17-19-9-8-15(21(17)20-11)14-7-6-12-4-2-3-5-13(12)10-14/h2-10H,1H3. The van der Waals surface area contributed by atoms with Gasteiger partial charge in [-0.3, -0.25) is 0 Å². The van der Waals surface area contributed by atoms with Gasteiger partial charge in [0.15, 0.2) is 5.65 Å². The summed E-state index contributed by atoms with van der Waals surface area (Å²) in [5, 5.41) is 7.53. The van der Waals surface area contributed by atoms with Crippen LogP contribution in [0, 0.1) is 6.92 Å². The van der Waals surface area contributed by atoms with Gasteiger partial charge >= 0.3 is 0 Å². The van der Waals surface area contributed by atoms with Crippen LogP contribution in [0.4, 0.5) is 0 Å². The summed E-state index contributed by atoms with van der Waals surface area (Å²) in [6, 6.07) is 16.6. The van der Waals surface area contributed by atoms with E-state index in [4.69, 9.17) is 11.6 Å². The van der Waals surface area contributed by atoms with E-state index < -0.39 is 0 Å². The molecule has 4 aromatic rings. The number of hydrogen-bond acceptors (Lipinski definition) is 2. The van der Waals surface area contributed by atoms with E-state index in [2.05, 4.69) is 40.4 Å². The quantitative estimate of drug-likeness (QED) is 0.517. The van der Waals surface area contributed by atoms with Crippen LogP contribution in [0.3, 0.4) is 0 Å². The van der Waals surface area contributed by atoms with Crippen LogP contribution >= 0.6 is 11.6 Å². The van der Waals surface area contributed by atoms with Crippen molar-refractivity contribution in [2.75, 3.05) is 0 Å². The van der Waals surface area contributed by atoms with Crippen LogP contribution in [-0.2, 0) is 0 Å². The molecule has 0 bridgehead atoms. The number of halogens is 1. The lowest BCUT2D eigenvalue weighted by Crippen LogP contribution is -1.95. The number of rotatable bonds is 1. The average Bonchev–Trinajstić information content (AvgIpc) is 2.82. The molecule has 2 aromatic heterocycles. The molecule has 0 unspecified atom stereocenters. The highest BCUT2D eigenvalue weighted by Gasteiger charge is 2.12. The van der Waals surface area contributed by atoms with E-state index in [0.717, 1.165) is 17.0 Å². The lowest BCUT2D eigenvalue weighted by molar-refractivity contribution is 0.925. The molecule has 0 aliphatic rings. The molecule has 102 valence electrons. The van der Waals surface area contributed by atoms with Gasteiger partial charge in [-0.15, -0.1) is 0 Å². The van der Waals surface area contributed by atoms with Crippen LogP contribution in [0.5, 0.6) is 0 Å². The number of fused-ring (bicyclic) bond motifs is 2. The highest BCUT2D eigenvalue weighted by molar-refractivity contribution is 6.34. The lowest BCUT2D eigenvalue weighted by atomic mass is 10.1. The van der Waals surface area contributed by atoms with Gasteiger partial charge in [0.1, 0.15) is 5.02 Å². The van der Waals surface area contributed by atoms with Crippen molar-refractivity contribution in [3.8, 4) is 11.3 Å². The molecule has 2 aromatic carbocycles. The Bertz CT molecular complexity index is 972. The van der Waals surface area contributed by atoms with Crippen molar-refractivity contribution in [3.05, 3.63) is 65.4 Å². The molecular weight excluding hydrogens is 282 g/mol. The van der Waals surface area contributed by atoms with Gasteiger partial charge in [0.2, 0.25) is 0 Å². The Kier molecular flexibility index (Phi) is 2.69. The molecule has 21 heavy (non-hydrogen) atoms. The maximum absolute atomic E-state index is 6.25. The summed E-state index contributed by atoms with van der Waals surface area (Å²) in [6.07, 6.45) is 1.77. The number of nitrogens with zero attached hydrogens (tertiary/aromatic N) is 3. The summed E-state index contributed by atoms with van der Waals surface area (Å²) in [6.45, 7) is 1.89. The fraction of sp³-hybridized carbons (Fsp3) is 0.0588. The van der Waals surface area contributed by atoms with Crippen LogP contribution in [0.25, 0.3) is 27.7 Å². The van der Waals surface area contributed by atoms with Crippen molar-refractivity contribution in [1.29, 1.82) is 0 Å². The minimum Gasteiger partial charge on any atom is -0.236 e. The minimum atomic E-state index is 0.609. The van der Waals surface area contributed by atoms with Crippen LogP contribution in [0.1, 0.15) is 5.69 Å². The molecule has 0 atom stereocenters. The Labute approximate surface area is 126 Å². The maximum Gasteiger partial charge on any atom is 0.174 e. The Morgan fingerprint density at radius 1 is 1.00 bits per heavy atom. The SMILES string of the molecule is Cc1nn2c(-c3ccc4ccccc4c3)ccnc2c1Cl. The van der Waals surface area contributed by atoms with Gasteiger partial charge < -0.3 is 0 Å². The van der Waals surface area contributed by atoms with E-state index >= 15 is 0 Å². The van der Waals surface area contributed by atoms with Crippen LogP contribution in [-0.4, -0.2) is 14.6 Å². The number of benzene rings is 2. The second-order valence-corrected chi connectivity index (χ2v) is 5.40. The van der Waals surface area contributed by atoms with Gasteiger partial charge in [-0.2, -0.15) is 5.10 Å². The van der Waals surface area contributed by atoms with Crippen molar-refractivity contribution < 1.29 is 0 Å². The Balaban J connectivity index is 2.01. The van der Waals surface area contributed by atoms with Gasteiger partial charge in [-0.05, 0) is 29.8 Å². The summed E-state index contributed by atoms with van der Waals surface area (Å²) in [7, 11) is 0. The first-order valence-electron chi connectivity index (χ1n) is 6.73. The van der Waals surface area contributed by atoms with Gasteiger partial charge in [-0.25, -0.2) is 9.50 Å². The minimum absolute atomic E-state index is 0.609. The predicted molar refractivity (Wildman–Crippen MR) is 85.7 cm³/mol. The highest BCUT2D eigenvalue weighted by Crippen LogP contribution is 2.27. The van der Waals surface area contributed by atoms with Gasteiger partial charge in [0.25, 0.3) is 0 Å². The number of hydrogen-bond donors (Lipinski definition) is 0. The molecule has 0 saturated heterocycles. The summed E-state index contributed by atoms with van der Waals surface area (Å²) in [5.41, 5.74) is 3.57. The fourth-order valence-electron chi connectivity index (χ4n) is 2.59. The molecular formula is C17H12ClN3.